The van der Waals surface area contributed by atoms with Crippen LogP contribution in [0, 0.1) is 13.8 Å². The third-order valence-electron chi connectivity index (χ3n) is 5.02. The van der Waals surface area contributed by atoms with Gasteiger partial charge in [0.2, 0.25) is 5.95 Å². The molecule has 1 fully saturated rings. The Labute approximate surface area is 171 Å². The molecule has 1 aliphatic rings. The highest BCUT2D eigenvalue weighted by molar-refractivity contribution is 6.31. The fourth-order valence-electron chi connectivity index (χ4n) is 3.38. The summed E-state index contributed by atoms with van der Waals surface area (Å²) >= 11 is 6.22. The van der Waals surface area contributed by atoms with Crippen molar-refractivity contribution in [3.05, 3.63) is 70.9 Å². The van der Waals surface area contributed by atoms with Gasteiger partial charge in [-0.15, -0.1) is 0 Å². The number of nitrogens with one attached hydrogen (secondary N) is 1. The van der Waals surface area contributed by atoms with Crippen LogP contribution >= 0.6 is 11.6 Å². The van der Waals surface area contributed by atoms with Gasteiger partial charge in [0, 0.05) is 48.8 Å². The summed E-state index contributed by atoms with van der Waals surface area (Å²) in [7, 11) is 0. The van der Waals surface area contributed by atoms with Crippen molar-refractivity contribution >= 4 is 34.7 Å². The predicted octanol–water partition coefficient (Wildman–Crippen LogP) is 4.82. The van der Waals surface area contributed by atoms with E-state index in [0.717, 1.165) is 54.2 Å². The molecule has 2 aromatic carbocycles. The van der Waals surface area contributed by atoms with E-state index in [1.165, 1.54) is 11.3 Å². The van der Waals surface area contributed by atoms with Crippen LogP contribution in [-0.2, 0) is 0 Å². The summed E-state index contributed by atoms with van der Waals surface area (Å²) in [4.78, 5) is 13.8. The van der Waals surface area contributed by atoms with Crippen LogP contribution in [0.2, 0.25) is 5.02 Å². The number of halogens is 1. The molecule has 0 aliphatic carbocycles. The number of aryl methyl sites for hydroxylation is 2. The zero-order valence-corrected chi connectivity index (χ0v) is 16.9. The molecule has 0 bridgehead atoms. The summed E-state index contributed by atoms with van der Waals surface area (Å²) in [6.45, 7) is 7.83. The average molecular weight is 394 g/mol. The highest BCUT2D eigenvalue weighted by atomic mass is 35.5. The fourth-order valence-corrected chi connectivity index (χ4v) is 3.56. The summed E-state index contributed by atoms with van der Waals surface area (Å²) < 4.78 is 0. The van der Waals surface area contributed by atoms with Crippen LogP contribution in [0.4, 0.5) is 23.1 Å². The van der Waals surface area contributed by atoms with Gasteiger partial charge in [-0.25, -0.2) is 4.98 Å². The lowest BCUT2D eigenvalue weighted by Gasteiger charge is -2.36. The first-order valence-electron chi connectivity index (χ1n) is 9.51. The molecule has 0 radical (unpaired) electrons. The number of nitrogens with zero attached hydrogens (tertiary/aromatic N) is 4. The number of benzene rings is 2. The highest BCUT2D eigenvalue weighted by Gasteiger charge is 2.19. The Morgan fingerprint density at radius 3 is 2.46 bits per heavy atom. The third-order valence-corrected chi connectivity index (χ3v) is 5.42. The van der Waals surface area contributed by atoms with Gasteiger partial charge >= 0.3 is 0 Å². The lowest BCUT2D eigenvalue weighted by Crippen LogP contribution is -2.47. The number of anilines is 4. The lowest BCUT2D eigenvalue weighted by atomic mass is 10.2. The molecule has 0 amide bonds. The van der Waals surface area contributed by atoms with E-state index in [9.17, 15) is 0 Å². The topological polar surface area (TPSA) is 44.3 Å². The molecule has 0 unspecified atom stereocenters. The maximum Gasteiger partial charge on any atom is 0.227 e. The van der Waals surface area contributed by atoms with Gasteiger partial charge in [0.15, 0.2) is 0 Å². The first-order valence-corrected chi connectivity index (χ1v) is 9.89. The number of hydrogen-bond acceptors (Lipinski definition) is 5. The normalized spacial score (nSPS) is 14.2. The molecule has 4 rings (SSSR count). The van der Waals surface area contributed by atoms with Crippen LogP contribution in [0.1, 0.15) is 11.1 Å². The summed E-state index contributed by atoms with van der Waals surface area (Å²) in [5.41, 5.74) is 4.55. The summed E-state index contributed by atoms with van der Waals surface area (Å²) in [5.74, 6) is 1.53. The predicted molar refractivity (Wildman–Crippen MR) is 117 cm³/mol. The molecular weight excluding hydrogens is 370 g/mol. The van der Waals surface area contributed by atoms with Crippen molar-refractivity contribution in [3.8, 4) is 0 Å². The molecule has 5 nitrogen and oxygen atoms in total. The van der Waals surface area contributed by atoms with Gasteiger partial charge in [-0.1, -0.05) is 29.8 Å². The number of rotatable bonds is 4. The second-order valence-electron chi connectivity index (χ2n) is 7.14. The van der Waals surface area contributed by atoms with Crippen LogP contribution in [0.15, 0.2) is 54.7 Å². The molecule has 0 saturated carbocycles. The fraction of sp³-hybridized carbons (Fsp3) is 0.273. The van der Waals surface area contributed by atoms with Gasteiger partial charge in [0.05, 0.1) is 0 Å². The van der Waals surface area contributed by atoms with E-state index in [1.807, 2.05) is 31.2 Å². The minimum atomic E-state index is 0.742. The Kier molecular flexibility index (Phi) is 5.35. The summed E-state index contributed by atoms with van der Waals surface area (Å²) in [6, 6.07) is 16.5. The average Bonchev–Trinajstić information content (AvgIpc) is 2.71. The van der Waals surface area contributed by atoms with Gasteiger partial charge in [0.25, 0.3) is 0 Å². The molecule has 1 aliphatic heterocycles. The SMILES string of the molecule is Cc1cccc(N2CCN(c3nccc(Nc4ccc(C)c(Cl)c4)n3)CC2)c1. The maximum atomic E-state index is 6.22. The Hall–Kier alpha value is -2.79. The van der Waals surface area contributed by atoms with E-state index < -0.39 is 0 Å². The van der Waals surface area contributed by atoms with Crippen molar-refractivity contribution in [1.82, 2.24) is 9.97 Å². The highest BCUT2D eigenvalue weighted by Crippen LogP contribution is 2.24. The Morgan fingerprint density at radius 2 is 1.71 bits per heavy atom. The number of piperazine rings is 1. The molecule has 1 N–H and O–H groups in total. The third kappa shape index (κ3) is 4.20. The number of aromatic nitrogens is 2. The summed E-state index contributed by atoms with van der Waals surface area (Å²) in [5, 5.41) is 4.06. The van der Waals surface area contributed by atoms with Crippen molar-refractivity contribution in [2.75, 3.05) is 41.3 Å². The van der Waals surface area contributed by atoms with E-state index in [2.05, 4.69) is 51.3 Å². The minimum absolute atomic E-state index is 0.742. The molecule has 2 heterocycles. The molecule has 144 valence electrons. The Morgan fingerprint density at radius 1 is 0.929 bits per heavy atom. The second kappa shape index (κ2) is 8.07. The van der Waals surface area contributed by atoms with Gasteiger partial charge < -0.3 is 15.1 Å². The van der Waals surface area contributed by atoms with Crippen LogP contribution in [0.5, 0.6) is 0 Å². The van der Waals surface area contributed by atoms with Crippen molar-refractivity contribution in [3.63, 3.8) is 0 Å². The van der Waals surface area contributed by atoms with E-state index in [1.54, 1.807) is 6.20 Å². The van der Waals surface area contributed by atoms with Crippen LogP contribution < -0.4 is 15.1 Å². The molecule has 28 heavy (non-hydrogen) atoms. The largest absolute Gasteiger partial charge is 0.368 e. The van der Waals surface area contributed by atoms with Gasteiger partial charge in [-0.3, -0.25) is 0 Å². The molecule has 1 aromatic heterocycles. The maximum absolute atomic E-state index is 6.22. The zero-order valence-electron chi connectivity index (χ0n) is 16.2. The second-order valence-corrected chi connectivity index (χ2v) is 7.55. The quantitative estimate of drug-likeness (QED) is 0.688. The van der Waals surface area contributed by atoms with Crippen LogP contribution in [0.3, 0.4) is 0 Å². The van der Waals surface area contributed by atoms with Crippen molar-refractivity contribution in [2.45, 2.75) is 13.8 Å². The zero-order chi connectivity index (χ0) is 19.5. The van der Waals surface area contributed by atoms with Gasteiger partial charge in [0.1, 0.15) is 5.82 Å². The molecule has 6 heteroatoms. The van der Waals surface area contributed by atoms with Crippen molar-refractivity contribution < 1.29 is 0 Å². The first-order chi connectivity index (χ1) is 13.6. The lowest BCUT2D eigenvalue weighted by molar-refractivity contribution is 0.640. The smallest absolute Gasteiger partial charge is 0.227 e. The van der Waals surface area contributed by atoms with Crippen molar-refractivity contribution in [2.24, 2.45) is 0 Å². The molecular formula is C22H24ClN5. The van der Waals surface area contributed by atoms with E-state index in [-0.39, 0.29) is 0 Å². The monoisotopic (exact) mass is 393 g/mol. The summed E-state index contributed by atoms with van der Waals surface area (Å²) in [6.07, 6.45) is 1.80. The Balaban J connectivity index is 1.43. The van der Waals surface area contributed by atoms with Crippen LogP contribution in [-0.4, -0.2) is 36.1 Å². The van der Waals surface area contributed by atoms with Gasteiger partial charge in [-0.05, 0) is 55.3 Å². The van der Waals surface area contributed by atoms with E-state index in [4.69, 9.17) is 16.6 Å². The van der Waals surface area contributed by atoms with E-state index in [0.29, 0.717) is 0 Å². The molecule has 3 aromatic rings. The van der Waals surface area contributed by atoms with Crippen LogP contribution in [0.25, 0.3) is 0 Å². The molecule has 0 spiro atoms. The molecule has 0 atom stereocenters. The Bertz CT molecular complexity index is 967. The van der Waals surface area contributed by atoms with Gasteiger partial charge in [-0.2, -0.15) is 4.98 Å². The number of hydrogen-bond donors (Lipinski definition) is 1. The minimum Gasteiger partial charge on any atom is -0.368 e. The standard InChI is InChI=1S/C22H24ClN5/c1-16-4-3-5-19(14-16)27-10-12-28(13-11-27)22-24-9-8-21(26-22)25-18-7-6-17(2)20(23)15-18/h3-9,14-15H,10-13H2,1-2H3,(H,24,25,26). The molecule has 1 saturated heterocycles. The first kappa shape index (κ1) is 18.6. The van der Waals surface area contributed by atoms with Crippen molar-refractivity contribution in [1.29, 1.82) is 0 Å². The van der Waals surface area contributed by atoms with E-state index >= 15 is 0 Å².